The molecule has 0 atom stereocenters. The van der Waals surface area contributed by atoms with E-state index in [-0.39, 0.29) is 11.1 Å². The Balaban J connectivity index is 2.08. The van der Waals surface area contributed by atoms with E-state index in [1.54, 1.807) is 4.57 Å². The molecule has 1 aromatic rings. The molecule has 3 rings (SSSR count). The number of piperidine rings is 1. The number of nitrogens with one attached hydrogen (secondary N) is 2. The molecule has 0 radical (unpaired) electrons. The number of allylic oxidation sites excluding steroid dienone is 1. The van der Waals surface area contributed by atoms with E-state index in [1.807, 2.05) is 0 Å². The maximum Gasteiger partial charge on any atom is 0.275 e. The molecule has 1 saturated heterocycles. The summed E-state index contributed by atoms with van der Waals surface area (Å²) < 4.78 is 1.73. The van der Waals surface area contributed by atoms with Gasteiger partial charge in [-0.05, 0) is 32.0 Å². The standard InChI is InChI=1S/C14H16ClN5O/c15-11-8-12(21)18-13-19-14(3-6-17-7-4-14)9-10(20(11)13)2-1-5-16/h8-9,17H,1-4,6-7H2,(H,18,19,21). The Kier molecular flexibility index (Phi) is 3.70. The minimum atomic E-state index is -0.357. The van der Waals surface area contributed by atoms with Crippen LogP contribution in [0.1, 0.15) is 25.7 Å². The van der Waals surface area contributed by atoms with Gasteiger partial charge in [0.25, 0.3) is 5.56 Å². The number of nitriles is 1. The van der Waals surface area contributed by atoms with Crippen LogP contribution in [0.25, 0.3) is 5.70 Å². The van der Waals surface area contributed by atoms with Crippen molar-refractivity contribution >= 4 is 23.2 Å². The van der Waals surface area contributed by atoms with E-state index in [9.17, 15) is 4.79 Å². The summed E-state index contributed by atoms with van der Waals surface area (Å²) in [5.41, 5.74) is 0.370. The second kappa shape index (κ2) is 5.51. The first-order valence-electron chi connectivity index (χ1n) is 7.01. The zero-order valence-electron chi connectivity index (χ0n) is 11.5. The van der Waals surface area contributed by atoms with Crippen molar-refractivity contribution in [3.05, 3.63) is 27.6 Å². The Morgan fingerprint density at radius 2 is 2.24 bits per heavy atom. The molecule has 0 unspecified atom stereocenters. The van der Waals surface area contributed by atoms with E-state index in [1.165, 1.54) is 6.07 Å². The van der Waals surface area contributed by atoms with E-state index >= 15 is 0 Å². The topological polar surface area (TPSA) is 82.7 Å². The van der Waals surface area contributed by atoms with Gasteiger partial charge >= 0.3 is 0 Å². The number of hydrogen-bond acceptors (Lipinski definition) is 5. The highest BCUT2D eigenvalue weighted by molar-refractivity contribution is 6.30. The third-order valence-corrected chi connectivity index (χ3v) is 4.24. The third-order valence-electron chi connectivity index (χ3n) is 3.96. The summed E-state index contributed by atoms with van der Waals surface area (Å²) in [5.74, 6) is 0.477. The summed E-state index contributed by atoms with van der Waals surface area (Å²) in [6.07, 6.45) is 4.96. The zero-order chi connectivity index (χ0) is 14.9. The second-order valence-electron chi connectivity index (χ2n) is 5.40. The molecule has 7 heteroatoms. The summed E-state index contributed by atoms with van der Waals surface area (Å²) in [5, 5.41) is 15.9. The zero-order valence-corrected chi connectivity index (χ0v) is 12.3. The van der Waals surface area contributed by atoms with Crippen LogP contribution in [0.5, 0.6) is 0 Å². The van der Waals surface area contributed by atoms with Crippen molar-refractivity contribution in [2.24, 2.45) is 0 Å². The van der Waals surface area contributed by atoms with Crippen molar-refractivity contribution in [3.8, 4) is 6.07 Å². The molecule has 2 aliphatic rings. The Morgan fingerprint density at radius 3 is 2.95 bits per heavy atom. The van der Waals surface area contributed by atoms with Crippen LogP contribution >= 0.6 is 11.6 Å². The predicted molar refractivity (Wildman–Crippen MR) is 81.1 cm³/mol. The molecule has 0 aliphatic carbocycles. The van der Waals surface area contributed by atoms with Crippen LogP contribution in [0.15, 0.2) is 16.9 Å². The Morgan fingerprint density at radius 1 is 1.48 bits per heavy atom. The normalized spacial score (nSPS) is 19.3. The number of rotatable bonds is 2. The van der Waals surface area contributed by atoms with Crippen molar-refractivity contribution < 1.29 is 0 Å². The van der Waals surface area contributed by atoms with Crippen LogP contribution in [0.3, 0.4) is 0 Å². The van der Waals surface area contributed by atoms with Crippen LogP contribution in [-0.2, 0) is 0 Å². The van der Waals surface area contributed by atoms with Gasteiger partial charge in [-0.1, -0.05) is 11.6 Å². The van der Waals surface area contributed by atoms with Crippen molar-refractivity contribution in [3.63, 3.8) is 0 Å². The quantitative estimate of drug-likeness (QED) is 0.811. The molecule has 0 saturated carbocycles. The number of fused-ring (bicyclic) bond motifs is 1. The summed E-state index contributed by atoms with van der Waals surface area (Å²) in [6.45, 7) is 1.81. The lowest BCUT2D eigenvalue weighted by atomic mass is 9.86. The van der Waals surface area contributed by atoms with E-state index in [0.29, 0.717) is 23.9 Å². The van der Waals surface area contributed by atoms with Gasteiger partial charge in [0.15, 0.2) is 0 Å². The van der Waals surface area contributed by atoms with Crippen molar-refractivity contribution in [2.45, 2.75) is 31.2 Å². The molecule has 0 amide bonds. The highest BCUT2D eigenvalue weighted by Crippen LogP contribution is 2.35. The van der Waals surface area contributed by atoms with Gasteiger partial charge in [0.05, 0.1) is 11.6 Å². The van der Waals surface area contributed by atoms with Crippen LogP contribution in [0, 0.1) is 11.3 Å². The van der Waals surface area contributed by atoms with Gasteiger partial charge in [0.2, 0.25) is 5.95 Å². The lowest BCUT2D eigenvalue weighted by molar-refractivity contribution is 0.393. The number of nitrogens with zero attached hydrogens (tertiary/aromatic N) is 3. The fraction of sp³-hybridized carbons (Fsp3) is 0.500. The largest absolute Gasteiger partial charge is 0.346 e. The summed E-state index contributed by atoms with van der Waals surface area (Å²) in [4.78, 5) is 15.7. The summed E-state index contributed by atoms with van der Waals surface area (Å²) in [6, 6.07) is 3.45. The molecule has 21 heavy (non-hydrogen) atoms. The van der Waals surface area contributed by atoms with Crippen LogP contribution in [-0.4, -0.2) is 28.2 Å². The Labute approximate surface area is 127 Å². The Hall–Kier alpha value is -1.84. The van der Waals surface area contributed by atoms with E-state index in [4.69, 9.17) is 16.9 Å². The van der Waals surface area contributed by atoms with Crippen LogP contribution in [0.2, 0.25) is 5.15 Å². The molecular formula is C14H16ClN5O. The van der Waals surface area contributed by atoms with Gasteiger partial charge in [-0.25, -0.2) is 0 Å². The number of aromatic nitrogens is 2. The van der Waals surface area contributed by atoms with Crippen molar-refractivity contribution in [2.75, 3.05) is 18.4 Å². The Bertz CT molecular complexity index is 682. The average molecular weight is 306 g/mol. The van der Waals surface area contributed by atoms with Gasteiger partial charge < -0.3 is 10.6 Å². The highest BCUT2D eigenvalue weighted by Gasteiger charge is 2.35. The molecular weight excluding hydrogens is 290 g/mol. The fourth-order valence-electron chi connectivity index (χ4n) is 2.96. The molecule has 1 aromatic heterocycles. The minimum absolute atomic E-state index is 0.208. The summed E-state index contributed by atoms with van der Waals surface area (Å²) in [7, 11) is 0. The maximum absolute atomic E-state index is 11.6. The van der Waals surface area contributed by atoms with Crippen LogP contribution < -0.4 is 16.2 Å². The lowest BCUT2D eigenvalue weighted by Gasteiger charge is -2.41. The molecule has 1 fully saturated rings. The van der Waals surface area contributed by atoms with E-state index in [2.05, 4.69) is 27.8 Å². The molecule has 6 nitrogen and oxygen atoms in total. The number of hydrogen-bond donors (Lipinski definition) is 2. The molecule has 0 bridgehead atoms. The first kappa shape index (κ1) is 14.1. The fourth-order valence-corrected chi connectivity index (χ4v) is 3.25. The van der Waals surface area contributed by atoms with Gasteiger partial charge in [-0.2, -0.15) is 10.2 Å². The first-order chi connectivity index (χ1) is 10.1. The third kappa shape index (κ3) is 2.67. The van der Waals surface area contributed by atoms with E-state index < -0.39 is 0 Å². The lowest BCUT2D eigenvalue weighted by Crippen LogP contribution is -2.49. The van der Waals surface area contributed by atoms with Gasteiger partial charge in [-0.3, -0.25) is 9.36 Å². The van der Waals surface area contributed by atoms with E-state index in [0.717, 1.165) is 31.6 Å². The molecule has 0 aromatic carbocycles. The van der Waals surface area contributed by atoms with Gasteiger partial charge in [0, 0.05) is 24.6 Å². The van der Waals surface area contributed by atoms with Gasteiger partial charge in [-0.15, -0.1) is 0 Å². The molecule has 2 N–H and O–H groups in total. The smallest absolute Gasteiger partial charge is 0.275 e. The van der Waals surface area contributed by atoms with Crippen molar-refractivity contribution in [1.29, 1.82) is 5.26 Å². The molecule has 1 spiro atoms. The average Bonchev–Trinajstić information content (AvgIpc) is 2.44. The SMILES string of the molecule is N#CCCC1=CC2(CCNCC2)Nc2nc(=O)cc(Cl)n21. The second-order valence-corrected chi connectivity index (χ2v) is 5.79. The maximum atomic E-state index is 11.6. The highest BCUT2D eigenvalue weighted by atomic mass is 35.5. The first-order valence-corrected chi connectivity index (χ1v) is 7.39. The molecule has 2 aliphatic heterocycles. The predicted octanol–water partition coefficient (Wildman–Crippen LogP) is 1.59. The van der Waals surface area contributed by atoms with Crippen molar-refractivity contribution in [1.82, 2.24) is 14.9 Å². The minimum Gasteiger partial charge on any atom is -0.346 e. The molecule has 3 heterocycles. The molecule has 110 valence electrons. The van der Waals surface area contributed by atoms with Crippen LogP contribution in [0.4, 0.5) is 5.95 Å². The van der Waals surface area contributed by atoms with Gasteiger partial charge in [0.1, 0.15) is 5.15 Å². The summed E-state index contributed by atoms with van der Waals surface area (Å²) >= 11 is 6.20. The monoisotopic (exact) mass is 305 g/mol. The number of anilines is 1. The number of halogens is 1.